The first-order valence-electron chi connectivity index (χ1n) is 9.64. The second-order valence-electron chi connectivity index (χ2n) is 7.09. The van der Waals surface area contributed by atoms with Gasteiger partial charge in [0, 0.05) is 17.8 Å². The maximum Gasteiger partial charge on any atom is 0.224 e. The van der Waals surface area contributed by atoms with Crippen molar-refractivity contribution in [2.45, 2.75) is 44.6 Å². The van der Waals surface area contributed by atoms with Crippen LogP contribution in [0.4, 0.5) is 5.95 Å². The number of rotatable bonds is 5. The lowest BCUT2D eigenvalue weighted by atomic mass is 9.96. The molecule has 0 atom stereocenters. The van der Waals surface area contributed by atoms with E-state index in [2.05, 4.69) is 21.4 Å². The Labute approximate surface area is 179 Å². The highest BCUT2D eigenvalue weighted by atomic mass is 35.5. The van der Waals surface area contributed by atoms with Gasteiger partial charge in [0.1, 0.15) is 11.6 Å². The van der Waals surface area contributed by atoms with Gasteiger partial charge in [0.25, 0.3) is 0 Å². The maximum atomic E-state index is 9.25. The molecule has 0 aliphatic heterocycles. The van der Waals surface area contributed by atoms with Crippen LogP contribution in [0.3, 0.4) is 0 Å². The smallest absolute Gasteiger partial charge is 0.224 e. The summed E-state index contributed by atoms with van der Waals surface area (Å²) < 4.78 is 1.87. The fourth-order valence-electron chi connectivity index (χ4n) is 3.66. The van der Waals surface area contributed by atoms with Gasteiger partial charge in [0.05, 0.1) is 34.4 Å². The molecule has 6 nitrogen and oxygen atoms in total. The molecule has 0 spiro atoms. The molecule has 1 saturated carbocycles. The molecule has 0 amide bonds. The zero-order valence-electron chi connectivity index (χ0n) is 15.8. The summed E-state index contributed by atoms with van der Waals surface area (Å²) in [5.74, 6) is 1.89. The first-order valence-corrected chi connectivity index (χ1v) is 10.4. The quantitative estimate of drug-likeness (QED) is 0.586. The lowest BCUT2D eigenvalue weighted by molar-refractivity contribution is 0.461. The van der Waals surface area contributed by atoms with Gasteiger partial charge in [0.2, 0.25) is 5.95 Å². The van der Waals surface area contributed by atoms with Crippen molar-refractivity contribution in [3.8, 4) is 23.3 Å². The summed E-state index contributed by atoms with van der Waals surface area (Å²) in [4.78, 5) is 13.6. The van der Waals surface area contributed by atoms with Crippen LogP contribution in [0.15, 0.2) is 36.7 Å². The van der Waals surface area contributed by atoms with Crippen molar-refractivity contribution in [1.29, 1.82) is 5.26 Å². The average molecular weight is 427 g/mol. The van der Waals surface area contributed by atoms with Crippen molar-refractivity contribution in [2.75, 3.05) is 5.32 Å². The third-order valence-electron chi connectivity index (χ3n) is 5.08. The van der Waals surface area contributed by atoms with Gasteiger partial charge in [-0.1, -0.05) is 42.5 Å². The Morgan fingerprint density at radius 1 is 1.10 bits per heavy atom. The molecule has 148 valence electrons. The standard InChI is InChI=1S/C21H20Cl2N6/c22-17-7-6-14(12-18(17)23)20-26-13-16(8-10-24)29(20)19-9-11-25-21(28-19)27-15-4-2-1-3-5-15/h6-7,9,11-13,15H,1-5,8H2,(H,25,27,28). The maximum absolute atomic E-state index is 9.25. The highest BCUT2D eigenvalue weighted by molar-refractivity contribution is 6.42. The summed E-state index contributed by atoms with van der Waals surface area (Å²) in [6.07, 6.45) is 9.64. The molecule has 29 heavy (non-hydrogen) atoms. The Morgan fingerprint density at radius 3 is 2.69 bits per heavy atom. The number of benzene rings is 1. The van der Waals surface area contributed by atoms with Gasteiger partial charge in [-0.2, -0.15) is 10.2 Å². The van der Waals surface area contributed by atoms with Crippen LogP contribution in [0, 0.1) is 11.3 Å². The molecular formula is C21H20Cl2N6. The Balaban J connectivity index is 1.73. The number of nitriles is 1. The van der Waals surface area contributed by atoms with Crippen LogP contribution in [0.2, 0.25) is 10.0 Å². The number of anilines is 1. The summed E-state index contributed by atoms with van der Waals surface area (Å²) >= 11 is 12.3. The van der Waals surface area contributed by atoms with Crippen LogP contribution in [-0.4, -0.2) is 25.6 Å². The highest BCUT2D eigenvalue weighted by Crippen LogP contribution is 2.30. The number of nitrogens with zero attached hydrogens (tertiary/aromatic N) is 5. The van der Waals surface area contributed by atoms with Gasteiger partial charge >= 0.3 is 0 Å². The van der Waals surface area contributed by atoms with Crippen molar-refractivity contribution in [2.24, 2.45) is 0 Å². The second kappa shape index (κ2) is 8.81. The van der Waals surface area contributed by atoms with Crippen molar-refractivity contribution in [3.05, 3.63) is 52.4 Å². The lowest BCUT2D eigenvalue weighted by Gasteiger charge is -2.23. The summed E-state index contributed by atoms with van der Waals surface area (Å²) in [5, 5.41) is 13.6. The molecule has 8 heteroatoms. The molecule has 0 unspecified atom stereocenters. The number of hydrogen-bond donors (Lipinski definition) is 1. The van der Waals surface area contributed by atoms with Crippen LogP contribution < -0.4 is 5.32 Å². The number of nitrogens with one attached hydrogen (secondary N) is 1. The number of hydrogen-bond acceptors (Lipinski definition) is 5. The van der Waals surface area contributed by atoms with Gasteiger partial charge < -0.3 is 5.32 Å². The number of halogens is 2. The van der Waals surface area contributed by atoms with E-state index in [1.54, 1.807) is 24.5 Å². The predicted octanol–water partition coefficient (Wildman–Crippen LogP) is 5.45. The van der Waals surface area contributed by atoms with E-state index in [4.69, 9.17) is 28.2 Å². The normalized spacial score (nSPS) is 14.5. The van der Waals surface area contributed by atoms with E-state index >= 15 is 0 Å². The minimum Gasteiger partial charge on any atom is -0.351 e. The molecule has 2 heterocycles. The van der Waals surface area contributed by atoms with E-state index in [0.717, 1.165) is 24.1 Å². The van der Waals surface area contributed by atoms with E-state index in [-0.39, 0.29) is 6.42 Å². The van der Waals surface area contributed by atoms with E-state index < -0.39 is 0 Å². The number of aromatic nitrogens is 4. The molecule has 0 radical (unpaired) electrons. The van der Waals surface area contributed by atoms with Crippen molar-refractivity contribution in [1.82, 2.24) is 19.5 Å². The molecule has 1 aliphatic carbocycles. The summed E-state index contributed by atoms with van der Waals surface area (Å²) in [6.45, 7) is 0. The molecule has 4 rings (SSSR count). The Bertz CT molecular complexity index is 1050. The Kier molecular flexibility index (Phi) is 5.98. The SMILES string of the molecule is N#CCc1cnc(-c2ccc(Cl)c(Cl)c2)n1-c1ccnc(NC2CCCCC2)n1. The van der Waals surface area contributed by atoms with Crippen LogP contribution in [0.5, 0.6) is 0 Å². The third kappa shape index (κ3) is 4.36. The zero-order chi connectivity index (χ0) is 20.2. The second-order valence-corrected chi connectivity index (χ2v) is 7.90. The predicted molar refractivity (Wildman–Crippen MR) is 114 cm³/mol. The van der Waals surface area contributed by atoms with Crippen molar-refractivity contribution >= 4 is 29.2 Å². The van der Waals surface area contributed by atoms with Crippen molar-refractivity contribution in [3.63, 3.8) is 0 Å². The zero-order valence-corrected chi connectivity index (χ0v) is 17.3. The van der Waals surface area contributed by atoms with Gasteiger partial charge in [-0.15, -0.1) is 0 Å². The van der Waals surface area contributed by atoms with Crippen LogP contribution in [0.1, 0.15) is 37.8 Å². The lowest BCUT2D eigenvalue weighted by Crippen LogP contribution is -2.23. The summed E-state index contributed by atoms with van der Waals surface area (Å²) in [5.41, 5.74) is 1.54. The van der Waals surface area contributed by atoms with Crippen LogP contribution in [-0.2, 0) is 6.42 Å². The van der Waals surface area contributed by atoms with Crippen molar-refractivity contribution < 1.29 is 0 Å². The highest BCUT2D eigenvalue weighted by Gasteiger charge is 2.18. The molecular weight excluding hydrogens is 407 g/mol. The van der Waals surface area contributed by atoms with E-state index in [9.17, 15) is 5.26 Å². The Morgan fingerprint density at radius 2 is 1.93 bits per heavy atom. The van der Waals surface area contributed by atoms with E-state index in [1.807, 2.05) is 16.7 Å². The molecule has 1 aliphatic rings. The monoisotopic (exact) mass is 426 g/mol. The van der Waals surface area contributed by atoms with Gasteiger partial charge in [-0.25, -0.2) is 9.97 Å². The van der Waals surface area contributed by atoms with Gasteiger partial charge in [0.15, 0.2) is 0 Å². The largest absolute Gasteiger partial charge is 0.351 e. The molecule has 1 fully saturated rings. The minimum atomic E-state index is 0.212. The van der Waals surface area contributed by atoms with Gasteiger partial charge in [-0.3, -0.25) is 4.57 Å². The number of imidazole rings is 1. The van der Waals surface area contributed by atoms with Gasteiger partial charge in [-0.05, 0) is 37.1 Å². The summed E-state index contributed by atoms with van der Waals surface area (Å²) in [7, 11) is 0. The first-order chi connectivity index (χ1) is 14.2. The molecule has 1 aromatic carbocycles. The molecule has 0 bridgehead atoms. The Hall–Kier alpha value is -2.62. The molecule has 2 aromatic heterocycles. The fraction of sp³-hybridized carbons (Fsp3) is 0.333. The van der Waals surface area contributed by atoms with E-state index in [0.29, 0.717) is 33.7 Å². The fourth-order valence-corrected chi connectivity index (χ4v) is 3.96. The molecule has 0 saturated heterocycles. The molecule has 1 N–H and O–H groups in total. The molecule has 3 aromatic rings. The van der Waals surface area contributed by atoms with Crippen LogP contribution in [0.25, 0.3) is 17.2 Å². The minimum absolute atomic E-state index is 0.212. The average Bonchev–Trinajstić information content (AvgIpc) is 3.15. The van der Waals surface area contributed by atoms with E-state index in [1.165, 1.54) is 19.3 Å². The third-order valence-corrected chi connectivity index (χ3v) is 5.82. The first kappa shape index (κ1) is 19.7. The summed E-state index contributed by atoms with van der Waals surface area (Å²) in [6, 6.07) is 9.76. The topological polar surface area (TPSA) is 79.4 Å². The van der Waals surface area contributed by atoms with Crippen LogP contribution >= 0.6 is 23.2 Å².